The number of halogens is 1. The molecule has 1 aliphatic rings. The van der Waals surface area contributed by atoms with Gasteiger partial charge >= 0.3 is 0 Å². The third kappa shape index (κ3) is 5.08. The zero-order chi connectivity index (χ0) is 22.3. The Hall–Kier alpha value is -3.38. The van der Waals surface area contributed by atoms with E-state index in [0.717, 1.165) is 30.8 Å². The molecule has 0 aliphatic carbocycles. The van der Waals surface area contributed by atoms with Crippen LogP contribution in [-0.4, -0.2) is 37.6 Å². The molecule has 2 unspecified atom stereocenters. The molecule has 6 heteroatoms. The summed E-state index contributed by atoms with van der Waals surface area (Å²) < 4.78 is 19.0. The van der Waals surface area contributed by atoms with Gasteiger partial charge in [-0.25, -0.2) is 4.39 Å². The van der Waals surface area contributed by atoms with Crippen LogP contribution in [-0.2, 0) is 4.79 Å². The summed E-state index contributed by atoms with van der Waals surface area (Å²) in [5, 5.41) is 6.77. The molecule has 0 bridgehead atoms. The summed E-state index contributed by atoms with van der Waals surface area (Å²) in [6, 6.07) is 23.0. The second-order valence-electron chi connectivity index (χ2n) is 7.86. The minimum atomic E-state index is -0.660. The molecule has 5 nitrogen and oxygen atoms in total. The van der Waals surface area contributed by atoms with Crippen molar-refractivity contribution in [1.29, 1.82) is 0 Å². The van der Waals surface area contributed by atoms with E-state index in [1.807, 2.05) is 47.4 Å². The third-order valence-electron chi connectivity index (χ3n) is 5.80. The van der Waals surface area contributed by atoms with Crippen molar-refractivity contribution >= 4 is 11.6 Å². The Morgan fingerprint density at radius 3 is 2.59 bits per heavy atom. The predicted octanol–water partition coefficient (Wildman–Crippen LogP) is 4.55. The van der Waals surface area contributed by atoms with Crippen molar-refractivity contribution in [3.63, 3.8) is 0 Å². The zero-order valence-corrected chi connectivity index (χ0v) is 18.1. The number of nitrogens with one attached hydrogen (secondary N) is 2. The van der Waals surface area contributed by atoms with E-state index in [-0.39, 0.29) is 17.8 Å². The molecule has 0 aromatic heterocycles. The first-order valence-corrected chi connectivity index (χ1v) is 10.9. The summed E-state index contributed by atoms with van der Waals surface area (Å²) in [6.07, 6.45) is 0.824. The van der Waals surface area contributed by atoms with E-state index >= 15 is 0 Å². The van der Waals surface area contributed by atoms with Crippen molar-refractivity contribution < 1.29 is 13.9 Å². The number of carbonyl (C=O) groups excluding carboxylic acids is 1. The second-order valence-corrected chi connectivity index (χ2v) is 7.86. The quantitative estimate of drug-likeness (QED) is 0.599. The second kappa shape index (κ2) is 10.3. The summed E-state index contributed by atoms with van der Waals surface area (Å²) in [5.74, 6) is 0.320. The first kappa shape index (κ1) is 21.8. The first-order chi connectivity index (χ1) is 15.7. The van der Waals surface area contributed by atoms with E-state index in [2.05, 4.69) is 22.8 Å². The number of anilines is 1. The van der Waals surface area contributed by atoms with Gasteiger partial charge in [-0.1, -0.05) is 48.5 Å². The van der Waals surface area contributed by atoms with E-state index in [1.165, 1.54) is 12.1 Å². The fourth-order valence-corrected chi connectivity index (χ4v) is 4.15. The number of hydrogen-bond acceptors (Lipinski definition) is 4. The van der Waals surface area contributed by atoms with Crippen LogP contribution in [0, 0.1) is 5.82 Å². The molecule has 0 radical (unpaired) electrons. The summed E-state index contributed by atoms with van der Waals surface area (Å²) >= 11 is 0. The van der Waals surface area contributed by atoms with E-state index in [4.69, 9.17) is 4.74 Å². The van der Waals surface area contributed by atoms with Crippen LogP contribution in [0.25, 0.3) is 0 Å². The van der Waals surface area contributed by atoms with Gasteiger partial charge in [0, 0.05) is 24.8 Å². The van der Waals surface area contributed by atoms with Crippen molar-refractivity contribution in [1.82, 2.24) is 10.2 Å². The lowest BCUT2D eigenvalue weighted by Gasteiger charge is -2.34. The minimum absolute atomic E-state index is 0.0336. The normalized spacial score (nSPS) is 17.3. The maximum atomic E-state index is 14.0. The Balaban J connectivity index is 1.69. The highest BCUT2D eigenvalue weighted by Crippen LogP contribution is 2.31. The standard InChI is InChI=1S/C26H28FN3O2/c1-32-23-9-5-8-22(18-23)29-25(20-10-12-21(27)13-11-20)26(31)30-17-16-28-15-14-24(30)19-6-3-2-4-7-19/h2-13,18,24-25,28-29H,14-17H2,1H3. The Morgan fingerprint density at radius 1 is 1.06 bits per heavy atom. The van der Waals surface area contributed by atoms with Gasteiger partial charge < -0.3 is 20.3 Å². The van der Waals surface area contributed by atoms with Crippen molar-refractivity contribution in [3.05, 3.63) is 95.8 Å². The molecule has 4 rings (SSSR count). The number of benzene rings is 3. The maximum absolute atomic E-state index is 14.0. The lowest BCUT2D eigenvalue weighted by Crippen LogP contribution is -2.41. The third-order valence-corrected chi connectivity index (χ3v) is 5.80. The van der Waals surface area contributed by atoms with Gasteiger partial charge in [0.2, 0.25) is 5.91 Å². The van der Waals surface area contributed by atoms with Gasteiger partial charge in [-0.15, -0.1) is 0 Å². The van der Waals surface area contributed by atoms with Crippen molar-refractivity contribution in [2.24, 2.45) is 0 Å². The van der Waals surface area contributed by atoms with E-state index in [0.29, 0.717) is 17.9 Å². The molecule has 1 aliphatic heterocycles. The molecule has 0 saturated carbocycles. The molecule has 1 amide bonds. The van der Waals surface area contributed by atoms with E-state index < -0.39 is 6.04 Å². The molecule has 166 valence electrons. The first-order valence-electron chi connectivity index (χ1n) is 10.9. The van der Waals surface area contributed by atoms with Crippen LogP contribution in [0.4, 0.5) is 10.1 Å². The Bertz CT molecular complexity index is 1030. The molecule has 1 saturated heterocycles. The van der Waals surface area contributed by atoms with Crippen LogP contribution < -0.4 is 15.4 Å². The minimum Gasteiger partial charge on any atom is -0.497 e. The molecule has 3 aromatic rings. The highest BCUT2D eigenvalue weighted by Gasteiger charge is 2.32. The Morgan fingerprint density at radius 2 is 1.84 bits per heavy atom. The lowest BCUT2D eigenvalue weighted by atomic mass is 9.99. The largest absolute Gasteiger partial charge is 0.497 e. The summed E-state index contributed by atoms with van der Waals surface area (Å²) in [6.45, 7) is 2.16. The number of nitrogens with zero attached hydrogens (tertiary/aromatic N) is 1. The van der Waals surface area contributed by atoms with Gasteiger partial charge in [0.25, 0.3) is 0 Å². The summed E-state index contributed by atoms with van der Waals surface area (Å²) in [7, 11) is 1.61. The molecule has 2 N–H and O–H groups in total. The van der Waals surface area contributed by atoms with Gasteiger partial charge in [0.15, 0.2) is 0 Å². The molecule has 0 spiro atoms. The molecule has 1 fully saturated rings. The van der Waals surface area contributed by atoms with Gasteiger partial charge in [-0.3, -0.25) is 4.79 Å². The monoisotopic (exact) mass is 433 g/mol. The van der Waals surface area contributed by atoms with Gasteiger partial charge in [0.05, 0.1) is 13.2 Å². The van der Waals surface area contributed by atoms with E-state index in [9.17, 15) is 9.18 Å². The van der Waals surface area contributed by atoms with Crippen LogP contribution in [0.3, 0.4) is 0 Å². The van der Waals surface area contributed by atoms with Crippen LogP contribution in [0.15, 0.2) is 78.9 Å². The topological polar surface area (TPSA) is 53.6 Å². The van der Waals surface area contributed by atoms with Crippen LogP contribution in [0.1, 0.15) is 29.6 Å². The zero-order valence-electron chi connectivity index (χ0n) is 18.1. The van der Waals surface area contributed by atoms with Crippen molar-refractivity contribution in [2.75, 3.05) is 32.1 Å². The van der Waals surface area contributed by atoms with Gasteiger partial charge in [-0.2, -0.15) is 0 Å². The number of ether oxygens (including phenoxy) is 1. The number of hydrogen-bond donors (Lipinski definition) is 2. The SMILES string of the molecule is COc1cccc(NC(C(=O)N2CCNCCC2c2ccccc2)c2ccc(F)cc2)c1. The number of methoxy groups -OCH3 is 1. The average molecular weight is 434 g/mol. The highest BCUT2D eigenvalue weighted by atomic mass is 19.1. The summed E-state index contributed by atoms with van der Waals surface area (Å²) in [4.78, 5) is 15.9. The fourth-order valence-electron chi connectivity index (χ4n) is 4.15. The Labute approximate surface area is 188 Å². The van der Waals surface area contributed by atoms with Gasteiger partial charge in [0.1, 0.15) is 17.6 Å². The van der Waals surface area contributed by atoms with Crippen LogP contribution in [0.5, 0.6) is 5.75 Å². The smallest absolute Gasteiger partial charge is 0.250 e. The number of amides is 1. The highest BCUT2D eigenvalue weighted by molar-refractivity contribution is 5.86. The lowest BCUT2D eigenvalue weighted by molar-refractivity contribution is -0.134. The molecular weight excluding hydrogens is 405 g/mol. The number of rotatable bonds is 6. The van der Waals surface area contributed by atoms with E-state index in [1.54, 1.807) is 19.2 Å². The molecule has 3 aromatic carbocycles. The van der Waals surface area contributed by atoms with Gasteiger partial charge in [-0.05, 0) is 48.4 Å². The van der Waals surface area contributed by atoms with Crippen LogP contribution in [0.2, 0.25) is 0 Å². The average Bonchev–Trinajstić information content (AvgIpc) is 3.10. The number of carbonyl (C=O) groups is 1. The fraction of sp³-hybridized carbons (Fsp3) is 0.269. The molecule has 32 heavy (non-hydrogen) atoms. The predicted molar refractivity (Wildman–Crippen MR) is 124 cm³/mol. The maximum Gasteiger partial charge on any atom is 0.250 e. The van der Waals surface area contributed by atoms with Crippen LogP contribution >= 0.6 is 0 Å². The molecule has 1 heterocycles. The van der Waals surface area contributed by atoms with Crippen molar-refractivity contribution in [3.8, 4) is 5.75 Å². The van der Waals surface area contributed by atoms with Crippen molar-refractivity contribution in [2.45, 2.75) is 18.5 Å². The molecule has 2 atom stereocenters. The summed E-state index contributed by atoms with van der Waals surface area (Å²) in [5.41, 5.74) is 2.59. The Kier molecular flexibility index (Phi) is 7.02. The molecular formula is C26H28FN3O2.